The molecule has 144 valence electrons. The van der Waals surface area contributed by atoms with Crippen molar-refractivity contribution in [1.29, 1.82) is 0 Å². The van der Waals surface area contributed by atoms with Crippen LogP contribution < -0.4 is 20.9 Å². The van der Waals surface area contributed by atoms with Gasteiger partial charge in [0.25, 0.3) is 0 Å². The molecule has 1 aromatic heterocycles. The fourth-order valence-electron chi connectivity index (χ4n) is 3.17. The molecular formula is C20H28N6O. The number of rotatable bonds is 6. The smallest absolute Gasteiger partial charge is 0.319 e. The maximum atomic E-state index is 12.1. The van der Waals surface area contributed by atoms with E-state index in [0.29, 0.717) is 13.1 Å². The van der Waals surface area contributed by atoms with Crippen LogP contribution in [0.5, 0.6) is 0 Å². The van der Waals surface area contributed by atoms with Crippen molar-refractivity contribution < 1.29 is 4.79 Å². The van der Waals surface area contributed by atoms with Gasteiger partial charge in [-0.2, -0.15) is 0 Å². The Hall–Kier alpha value is -2.83. The second-order valence-corrected chi connectivity index (χ2v) is 6.91. The number of hydrogen-bond donors (Lipinski definition) is 3. The highest BCUT2D eigenvalue weighted by Gasteiger charge is 2.15. The van der Waals surface area contributed by atoms with E-state index in [4.69, 9.17) is 0 Å². The molecule has 0 saturated carbocycles. The van der Waals surface area contributed by atoms with Crippen molar-refractivity contribution in [3.63, 3.8) is 0 Å². The highest BCUT2D eigenvalue weighted by Crippen LogP contribution is 2.20. The topological polar surface area (TPSA) is 82.2 Å². The van der Waals surface area contributed by atoms with Crippen molar-refractivity contribution in [2.24, 2.45) is 0 Å². The molecule has 3 N–H and O–H groups in total. The molecule has 0 unspecified atom stereocenters. The van der Waals surface area contributed by atoms with E-state index in [1.165, 1.54) is 12.8 Å². The zero-order chi connectivity index (χ0) is 19.2. The van der Waals surface area contributed by atoms with Crippen molar-refractivity contribution >= 4 is 23.4 Å². The van der Waals surface area contributed by atoms with Gasteiger partial charge in [-0.1, -0.05) is 12.1 Å². The molecule has 3 rings (SSSR count). The van der Waals surface area contributed by atoms with Crippen LogP contribution in [0.15, 0.2) is 24.3 Å². The second kappa shape index (κ2) is 8.70. The first-order valence-corrected chi connectivity index (χ1v) is 9.48. The van der Waals surface area contributed by atoms with Crippen molar-refractivity contribution in [2.75, 3.05) is 41.7 Å². The minimum atomic E-state index is -0.206. The Bertz CT molecular complexity index is 801. The number of nitrogens with zero attached hydrogens (tertiary/aromatic N) is 3. The average molecular weight is 368 g/mol. The molecule has 0 radical (unpaired) electrons. The highest BCUT2D eigenvalue weighted by molar-refractivity contribution is 5.90. The summed E-state index contributed by atoms with van der Waals surface area (Å²) < 4.78 is 0. The van der Waals surface area contributed by atoms with Crippen LogP contribution in [0.25, 0.3) is 0 Å². The molecule has 1 saturated heterocycles. The maximum Gasteiger partial charge on any atom is 0.319 e. The van der Waals surface area contributed by atoms with Crippen molar-refractivity contribution in [2.45, 2.75) is 33.6 Å². The first-order chi connectivity index (χ1) is 13.0. The quantitative estimate of drug-likeness (QED) is 0.682. The van der Waals surface area contributed by atoms with Gasteiger partial charge in [0.05, 0.1) is 0 Å². The third kappa shape index (κ3) is 5.09. The molecule has 0 spiro atoms. The summed E-state index contributed by atoms with van der Waals surface area (Å²) >= 11 is 0. The molecule has 2 aromatic rings. The van der Waals surface area contributed by atoms with Gasteiger partial charge in [0.15, 0.2) is 0 Å². The molecule has 2 amide bonds. The largest absolute Gasteiger partial charge is 0.368 e. The SMILES string of the molecule is Cc1nc(NCCNC(=O)Nc2cccc(C)c2C)cc(N2CCCC2)n1. The van der Waals surface area contributed by atoms with E-state index in [-0.39, 0.29) is 6.03 Å². The number of aryl methyl sites for hydroxylation is 2. The Morgan fingerprint density at radius 3 is 2.67 bits per heavy atom. The standard InChI is InChI=1S/C20H28N6O/c1-14-7-6-8-17(15(14)2)25-20(27)22-10-9-21-18-13-19(24-16(3)23-18)26-11-4-5-12-26/h6-8,13H,4-5,9-12H2,1-3H3,(H,21,23,24)(H2,22,25,27). The summed E-state index contributed by atoms with van der Waals surface area (Å²) in [6.07, 6.45) is 2.43. The zero-order valence-electron chi connectivity index (χ0n) is 16.3. The lowest BCUT2D eigenvalue weighted by Crippen LogP contribution is -2.33. The Morgan fingerprint density at radius 1 is 1.11 bits per heavy atom. The van der Waals surface area contributed by atoms with E-state index in [1.807, 2.05) is 45.0 Å². The number of benzene rings is 1. The number of urea groups is 1. The average Bonchev–Trinajstić information content (AvgIpc) is 3.17. The highest BCUT2D eigenvalue weighted by atomic mass is 16.2. The van der Waals surface area contributed by atoms with Gasteiger partial charge in [-0.05, 0) is 50.8 Å². The van der Waals surface area contributed by atoms with Crippen LogP contribution in [0.2, 0.25) is 0 Å². The Kier molecular flexibility index (Phi) is 6.11. The Labute approximate surface area is 160 Å². The lowest BCUT2D eigenvalue weighted by atomic mass is 10.1. The van der Waals surface area contributed by atoms with Crippen LogP contribution in [0.1, 0.15) is 29.8 Å². The van der Waals surface area contributed by atoms with Gasteiger partial charge in [-0.15, -0.1) is 0 Å². The number of nitrogens with one attached hydrogen (secondary N) is 3. The van der Waals surface area contributed by atoms with E-state index in [0.717, 1.165) is 47.4 Å². The molecule has 27 heavy (non-hydrogen) atoms. The van der Waals surface area contributed by atoms with Gasteiger partial charge in [0.2, 0.25) is 0 Å². The van der Waals surface area contributed by atoms with Gasteiger partial charge in [-0.25, -0.2) is 14.8 Å². The van der Waals surface area contributed by atoms with Crippen LogP contribution in [0.4, 0.5) is 22.1 Å². The summed E-state index contributed by atoms with van der Waals surface area (Å²) in [4.78, 5) is 23.3. The summed E-state index contributed by atoms with van der Waals surface area (Å²) in [6.45, 7) is 9.13. The second-order valence-electron chi connectivity index (χ2n) is 6.91. The Balaban J connectivity index is 1.47. The maximum absolute atomic E-state index is 12.1. The van der Waals surface area contributed by atoms with E-state index in [2.05, 4.69) is 30.8 Å². The lowest BCUT2D eigenvalue weighted by molar-refractivity contribution is 0.252. The van der Waals surface area contributed by atoms with E-state index in [9.17, 15) is 4.79 Å². The van der Waals surface area contributed by atoms with Crippen molar-refractivity contribution in [3.8, 4) is 0 Å². The Morgan fingerprint density at radius 2 is 1.89 bits per heavy atom. The van der Waals surface area contributed by atoms with Crippen LogP contribution in [-0.4, -0.2) is 42.2 Å². The predicted octanol–water partition coefficient (Wildman–Crippen LogP) is 3.24. The number of hydrogen-bond acceptors (Lipinski definition) is 5. The molecule has 7 nitrogen and oxygen atoms in total. The third-order valence-electron chi connectivity index (χ3n) is 4.82. The predicted molar refractivity (Wildman–Crippen MR) is 110 cm³/mol. The van der Waals surface area contributed by atoms with Crippen LogP contribution in [-0.2, 0) is 0 Å². The molecule has 0 aliphatic carbocycles. The molecule has 1 aromatic carbocycles. The molecule has 0 bridgehead atoms. The molecule has 0 atom stereocenters. The molecular weight excluding hydrogens is 340 g/mol. The molecule has 2 heterocycles. The van der Waals surface area contributed by atoms with E-state index in [1.54, 1.807) is 0 Å². The third-order valence-corrected chi connectivity index (χ3v) is 4.82. The minimum Gasteiger partial charge on any atom is -0.368 e. The van der Waals surface area contributed by atoms with Gasteiger partial charge in [-0.3, -0.25) is 0 Å². The number of carbonyl (C=O) groups is 1. The summed E-state index contributed by atoms with van der Waals surface area (Å²) in [6, 6.07) is 7.65. The summed E-state index contributed by atoms with van der Waals surface area (Å²) in [5.74, 6) is 2.52. The zero-order valence-corrected chi connectivity index (χ0v) is 16.3. The molecule has 1 fully saturated rings. The lowest BCUT2D eigenvalue weighted by Gasteiger charge is -2.18. The fourth-order valence-corrected chi connectivity index (χ4v) is 3.17. The van der Waals surface area contributed by atoms with Gasteiger partial charge in [0, 0.05) is 37.9 Å². The number of aromatic nitrogens is 2. The van der Waals surface area contributed by atoms with Crippen LogP contribution in [0, 0.1) is 20.8 Å². The van der Waals surface area contributed by atoms with Gasteiger partial charge in [0.1, 0.15) is 17.5 Å². The first-order valence-electron chi connectivity index (χ1n) is 9.48. The first kappa shape index (κ1) is 18.9. The number of amides is 2. The molecule has 1 aliphatic heterocycles. The van der Waals surface area contributed by atoms with E-state index >= 15 is 0 Å². The summed E-state index contributed by atoms with van der Waals surface area (Å²) in [5, 5.41) is 9.03. The number of carbonyl (C=O) groups excluding carboxylic acids is 1. The van der Waals surface area contributed by atoms with Crippen LogP contribution in [0.3, 0.4) is 0 Å². The number of anilines is 3. The van der Waals surface area contributed by atoms with Crippen molar-refractivity contribution in [3.05, 3.63) is 41.2 Å². The minimum absolute atomic E-state index is 0.206. The van der Waals surface area contributed by atoms with Gasteiger partial charge >= 0.3 is 6.03 Å². The van der Waals surface area contributed by atoms with Gasteiger partial charge < -0.3 is 20.9 Å². The monoisotopic (exact) mass is 368 g/mol. The van der Waals surface area contributed by atoms with Crippen LogP contribution >= 0.6 is 0 Å². The normalized spacial score (nSPS) is 13.5. The fraction of sp³-hybridized carbons (Fsp3) is 0.450. The summed E-state index contributed by atoms with van der Waals surface area (Å²) in [5.41, 5.74) is 3.07. The molecule has 1 aliphatic rings. The van der Waals surface area contributed by atoms with Crippen molar-refractivity contribution in [1.82, 2.24) is 15.3 Å². The van der Waals surface area contributed by atoms with E-state index < -0.39 is 0 Å². The summed E-state index contributed by atoms with van der Waals surface area (Å²) in [7, 11) is 0. The molecule has 7 heteroatoms.